The molecule has 1 aromatic carbocycles. The highest BCUT2D eigenvalue weighted by molar-refractivity contribution is 6.07. The molecule has 0 N–H and O–H groups in total. The lowest BCUT2D eigenvalue weighted by Crippen LogP contribution is -2.11. The van der Waals surface area contributed by atoms with Crippen LogP contribution in [0.4, 0.5) is 0 Å². The van der Waals surface area contributed by atoms with E-state index in [-0.39, 0.29) is 11.1 Å². The highest BCUT2D eigenvalue weighted by Gasteiger charge is 2.20. The number of fused-ring (bicyclic) bond motifs is 1. The normalized spacial score (nSPS) is 9.80. The highest BCUT2D eigenvalue weighted by Crippen LogP contribution is 2.20. The molecule has 100 valence electrons. The van der Waals surface area contributed by atoms with Gasteiger partial charge in [0.15, 0.2) is 0 Å². The van der Waals surface area contributed by atoms with Crippen LogP contribution in [-0.4, -0.2) is 22.1 Å². The summed E-state index contributed by atoms with van der Waals surface area (Å²) in [5.74, 6) is -1.43. The number of esters is 2. The molecular formula is C14H10N2O4. The summed E-state index contributed by atoms with van der Waals surface area (Å²) in [4.78, 5) is 23.7. The van der Waals surface area contributed by atoms with Crippen molar-refractivity contribution in [2.24, 2.45) is 0 Å². The molecule has 0 radical (unpaired) electrons. The van der Waals surface area contributed by atoms with Crippen molar-refractivity contribution in [3.63, 3.8) is 0 Å². The molecule has 0 fully saturated rings. The van der Waals surface area contributed by atoms with Gasteiger partial charge < -0.3 is 9.47 Å². The van der Waals surface area contributed by atoms with E-state index in [1.807, 2.05) is 0 Å². The minimum absolute atomic E-state index is 0.0530. The molecule has 20 heavy (non-hydrogen) atoms. The second-order valence-electron chi connectivity index (χ2n) is 3.66. The van der Waals surface area contributed by atoms with Gasteiger partial charge in [0.25, 0.3) is 0 Å². The number of hydrogen-bond donors (Lipinski definition) is 0. The van der Waals surface area contributed by atoms with Crippen molar-refractivity contribution in [2.75, 3.05) is 0 Å². The molecule has 0 amide bonds. The van der Waals surface area contributed by atoms with Crippen LogP contribution in [0.2, 0.25) is 0 Å². The summed E-state index contributed by atoms with van der Waals surface area (Å²) in [6, 6.07) is 2.96. The molecule has 0 atom stereocenters. The van der Waals surface area contributed by atoms with Crippen molar-refractivity contribution in [1.29, 1.82) is 0 Å². The zero-order chi connectivity index (χ0) is 14.5. The standard InChI is InChI=1S/C14H10N2O4/c1-3-19-13(17)11-5-9-7-15-16-8-10(9)6-12(11)14(18)20-4-2/h3-8H,1-2H2. The minimum atomic E-state index is -0.713. The van der Waals surface area contributed by atoms with E-state index in [0.29, 0.717) is 10.8 Å². The van der Waals surface area contributed by atoms with Gasteiger partial charge in [0.05, 0.1) is 36.0 Å². The smallest absolute Gasteiger partial charge is 0.343 e. The van der Waals surface area contributed by atoms with Gasteiger partial charge >= 0.3 is 11.9 Å². The van der Waals surface area contributed by atoms with Gasteiger partial charge in [-0.15, -0.1) is 0 Å². The van der Waals surface area contributed by atoms with E-state index in [4.69, 9.17) is 9.47 Å². The molecule has 0 bridgehead atoms. The zero-order valence-electron chi connectivity index (χ0n) is 10.4. The first-order valence-electron chi connectivity index (χ1n) is 5.55. The Kier molecular flexibility index (Phi) is 3.85. The van der Waals surface area contributed by atoms with Crippen molar-refractivity contribution in [3.8, 4) is 0 Å². The summed E-state index contributed by atoms with van der Waals surface area (Å²) in [5, 5.41) is 8.72. The Morgan fingerprint density at radius 2 is 1.30 bits per heavy atom. The van der Waals surface area contributed by atoms with Crippen molar-refractivity contribution in [2.45, 2.75) is 0 Å². The molecule has 0 spiro atoms. The van der Waals surface area contributed by atoms with Crippen molar-refractivity contribution in [1.82, 2.24) is 10.2 Å². The van der Waals surface area contributed by atoms with Crippen molar-refractivity contribution in [3.05, 3.63) is 61.3 Å². The third-order valence-corrected chi connectivity index (χ3v) is 2.50. The Balaban J connectivity index is 2.63. The van der Waals surface area contributed by atoms with Crippen LogP contribution in [-0.2, 0) is 9.47 Å². The van der Waals surface area contributed by atoms with Crippen LogP contribution in [0.3, 0.4) is 0 Å². The highest BCUT2D eigenvalue weighted by atomic mass is 16.5. The van der Waals surface area contributed by atoms with E-state index in [2.05, 4.69) is 23.4 Å². The van der Waals surface area contributed by atoms with Crippen molar-refractivity contribution < 1.29 is 19.1 Å². The SMILES string of the molecule is C=COC(=O)c1cc2cnncc2cc1C(=O)OC=C. The minimum Gasteiger partial charge on any atom is -0.432 e. The maximum atomic E-state index is 11.9. The van der Waals surface area contributed by atoms with Crippen molar-refractivity contribution >= 4 is 22.7 Å². The van der Waals surface area contributed by atoms with E-state index in [9.17, 15) is 9.59 Å². The number of nitrogens with zero attached hydrogens (tertiary/aromatic N) is 2. The summed E-state index contributed by atoms with van der Waals surface area (Å²) in [6.07, 6.45) is 4.92. The molecule has 0 saturated heterocycles. The Bertz CT molecular complexity index is 649. The van der Waals surface area contributed by atoms with Gasteiger partial charge in [-0.2, -0.15) is 10.2 Å². The first-order chi connectivity index (χ1) is 9.67. The van der Waals surface area contributed by atoms with Crippen LogP contribution < -0.4 is 0 Å². The van der Waals surface area contributed by atoms with Gasteiger partial charge in [0.2, 0.25) is 0 Å². The number of aromatic nitrogens is 2. The molecule has 1 aromatic heterocycles. The van der Waals surface area contributed by atoms with Gasteiger partial charge in [-0.25, -0.2) is 9.59 Å². The van der Waals surface area contributed by atoms with E-state index in [0.717, 1.165) is 12.5 Å². The maximum Gasteiger partial charge on any atom is 0.343 e. The van der Waals surface area contributed by atoms with Crippen LogP contribution in [0, 0.1) is 0 Å². The topological polar surface area (TPSA) is 78.4 Å². The van der Waals surface area contributed by atoms with Gasteiger partial charge in [-0.1, -0.05) is 13.2 Å². The number of carbonyl (C=O) groups excluding carboxylic acids is 2. The Morgan fingerprint density at radius 1 is 0.900 bits per heavy atom. The molecular weight excluding hydrogens is 260 g/mol. The Hall–Kier alpha value is -3.02. The maximum absolute atomic E-state index is 11.9. The average molecular weight is 270 g/mol. The first kappa shape index (κ1) is 13.4. The summed E-state index contributed by atoms with van der Waals surface area (Å²) >= 11 is 0. The molecule has 6 nitrogen and oxygen atoms in total. The fourth-order valence-corrected chi connectivity index (χ4v) is 1.66. The van der Waals surface area contributed by atoms with Crippen LogP contribution in [0.15, 0.2) is 50.2 Å². The Labute approximate surface area is 114 Å². The zero-order valence-corrected chi connectivity index (χ0v) is 10.4. The largest absolute Gasteiger partial charge is 0.432 e. The number of ether oxygens (including phenoxy) is 2. The van der Waals surface area contributed by atoms with E-state index in [1.54, 1.807) is 0 Å². The third kappa shape index (κ3) is 2.54. The summed E-state index contributed by atoms with van der Waals surface area (Å²) in [5.41, 5.74) is 0.106. The third-order valence-electron chi connectivity index (χ3n) is 2.50. The van der Waals surface area contributed by atoms with Crippen LogP contribution in [0.25, 0.3) is 10.8 Å². The van der Waals surface area contributed by atoms with Gasteiger partial charge in [0, 0.05) is 10.8 Å². The quantitative estimate of drug-likeness (QED) is 0.626. The van der Waals surface area contributed by atoms with Crippen LogP contribution >= 0.6 is 0 Å². The second kappa shape index (κ2) is 5.75. The average Bonchev–Trinajstić information content (AvgIpc) is 2.46. The fourth-order valence-electron chi connectivity index (χ4n) is 1.66. The fraction of sp³-hybridized carbons (Fsp3) is 0. The molecule has 0 saturated carbocycles. The molecule has 0 unspecified atom stereocenters. The summed E-state index contributed by atoms with van der Waals surface area (Å²) in [6.45, 7) is 6.60. The van der Waals surface area contributed by atoms with Gasteiger partial charge in [0.1, 0.15) is 0 Å². The van der Waals surface area contributed by atoms with Gasteiger partial charge in [-0.3, -0.25) is 0 Å². The van der Waals surface area contributed by atoms with Gasteiger partial charge in [-0.05, 0) is 12.1 Å². The van der Waals surface area contributed by atoms with Crippen LogP contribution in [0.5, 0.6) is 0 Å². The van der Waals surface area contributed by atoms with E-state index < -0.39 is 11.9 Å². The van der Waals surface area contributed by atoms with E-state index >= 15 is 0 Å². The predicted octanol–water partition coefficient (Wildman–Crippen LogP) is 2.23. The molecule has 6 heteroatoms. The summed E-state index contributed by atoms with van der Waals surface area (Å²) in [7, 11) is 0. The Morgan fingerprint density at radius 3 is 1.65 bits per heavy atom. The monoisotopic (exact) mass is 270 g/mol. The van der Waals surface area contributed by atoms with E-state index in [1.165, 1.54) is 24.5 Å². The molecule has 0 aliphatic carbocycles. The first-order valence-corrected chi connectivity index (χ1v) is 5.55. The molecule has 2 rings (SSSR count). The van der Waals surface area contributed by atoms with Crippen LogP contribution in [0.1, 0.15) is 20.7 Å². The predicted molar refractivity (Wildman–Crippen MR) is 70.8 cm³/mol. The number of carbonyl (C=O) groups is 2. The number of hydrogen-bond acceptors (Lipinski definition) is 6. The molecule has 0 aliphatic heterocycles. The lowest BCUT2D eigenvalue weighted by Gasteiger charge is -2.08. The lowest BCUT2D eigenvalue weighted by molar-refractivity contribution is 0.0620. The molecule has 1 heterocycles. The number of rotatable bonds is 4. The number of benzene rings is 1. The molecule has 0 aliphatic rings. The summed E-state index contributed by atoms with van der Waals surface area (Å²) < 4.78 is 9.40. The lowest BCUT2D eigenvalue weighted by atomic mass is 10.0. The second-order valence-corrected chi connectivity index (χ2v) is 3.66. The molecule has 2 aromatic rings.